The van der Waals surface area contributed by atoms with E-state index in [9.17, 15) is 13.2 Å². The van der Waals surface area contributed by atoms with Crippen molar-refractivity contribution >= 4 is 12.6 Å². The first-order chi connectivity index (χ1) is 5.52. The first kappa shape index (κ1) is 9.71. The molecule has 1 rings (SSSR count). The van der Waals surface area contributed by atoms with Gasteiger partial charge in [0.25, 0.3) is 0 Å². The van der Waals surface area contributed by atoms with Crippen LogP contribution < -0.4 is 0 Å². The van der Waals surface area contributed by atoms with Crippen molar-refractivity contribution in [2.45, 2.75) is 18.6 Å². The molecule has 4 heteroatoms. The number of halogens is 3. The van der Waals surface area contributed by atoms with E-state index in [-0.39, 0.29) is 17.6 Å². The Morgan fingerprint density at radius 1 is 1.50 bits per heavy atom. The van der Waals surface area contributed by atoms with Crippen molar-refractivity contribution in [1.82, 2.24) is 0 Å². The van der Waals surface area contributed by atoms with Gasteiger partial charge < -0.3 is 0 Å². The van der Waals surface area contributed by atoms with E-state index in [4.69, 9.17) is 0 Å². The second kappa shape index (κ2) is 3.56. The molecule has 0 fully saturated rings. The summed E-state index contributed by atoms with van der Waals surface area (Å²) in [5.74, 6) is -3.83. The van der Waals surface area contributed by atoms with Gasteiger partial charge in [-0.25, -0.2) is 13.2 Å². The van der Waals surface area contributed by atoms with Crippen LogP contribution >= 0.6 is 12.6 Å². The molecule has 0 amide bonds. The highest BCUT2D eigenvalue weighted by atomic mass is 32.1. The van der Waals surface area contributed by atoms with Gasteiger partial charge >= 0.3 is 0 Å². The van der Waals surface area contributed by atoms with Crippen molar-refractivity contribution in [2.75, 3.05) is 0 Å². The highest BCUT2D eigenvalue weighted by Crippen LogP contribution is 2.33. The third-order valence-corrected chi connectivity index (χ3v) is 2.23. The molecule has 0 aromatic heterocycles. The molecule has 0 spiro atoms. The van der Waals surface area contributed by atoms with Crippen LogP contribution in [-0.4, -0.2) is 5.25 Å². The summed E-state index contributed by atoms with van der Waals surface area (Å²) in [5.41, 5.74) is 0. The van der Waals surface area contributed by atoms with E-state index in [0.29, 0.717) is 0 Å². The Balaban J connectivity index is 2.84. The Labute approximate surface area is 74.6 Å². The van der Waals surface area contributed by atoms with Crippen molar-refractivity contribution in [3.05, 3.63) is 23.6 Å². The fourth-order valence-electron chi connectivity index (χ4n) is 1.06. The van der Waals surface area contributed by atoms with Gasteiger partial charge in [0.1, 0.15) is 5.83 Å². The molecule has 0 saturated carbocycles. The van der Waals surface area contributed by atoms with E-state index in [0.717, 1.165) is 6.08 Å². The predicted molar refractivity (Wildman–Crippen MR) is 45.0 cm³/mol. The summed E-state index contributed by atoms with van der Waals surface area (Å²) in [5, 5.41) is -0.172. The van der Waals surface area contributed by atoms with Crippen molar-refractivity contribution in [3.8, 4) is 0 Å². The molecule has 0 bridgehead atoms. The average Bonchev–Trinajstić information content (AvgIpc) is 1.99. The van der Waals surface area contributed by atoms with Gasteiger partial charge in [-0.2, -0.15) is 12.6 Å². The lowest BCUT2D eigenvalue weighted by Gasteiger charge is -2.18. The Bertz CT molecular complexity index is 243. The molecule has 0 aliphatic heterocycles. The normalized spacial score (nSPS) is 27.1. The van der Waals surface area contributed by atoms with Crippen LogP contribution in [0.25, 0.3) is 0 Å². The van der Waals surface area contributed by atoms with Gasteiger partial charge in [0.2, 0.25) is 0 Å². The van der Waals surface area contributed by atoms with Crippen LogP contribution in [0.15, 0.2) is 23.6 Å². The third kappa shape index (κ3) is 1.86. The van der Waals surface area contributed by atoms with Gasteiger partial charge in [-0.15, -0.1) is 0 Å². The zero-order valence-electron chi connectivity index (χ0n) is 6.52. The molecule has 12 heavy (non-hydrogen) atoms. The van der Waals surface area contributed by atoms with Crippen molar-refractivity contribution in [3.63, 3.8) is 0 Å². The van der Waals surface area contributed by atoms with Crippen LogP contribution in [0.3, 0.4) is 0 Å². The van der Waals surface area contributed by atoms with Crippen LogP contribution in [0.1, 0.15) is 13.3 Å². The quantitative estimate of drug-likeness (QED) is 0.608. The number of hydrogen-bond acceptors (Lipinski definition) is 1. The summed E-state index contributed by atoms with van der Waals surface area (Å²) in [6.07, 6.45) is 0.986. The zero-order chi connectivity index (χ0) is 9.30. The summed E-state index contributed by atoms with van der Waals surface area (Å²) in [7, 11) is 0. The van der Waals surface area contributed by atoms with Gasteiger partial charge in [0.15, 0.2) is 11.7 Å². The lowest BCUT2D eigenvalue weighted by atomic mass is 9.96. The standard InChI is InChI=1S/C8H9F3S/c1-4(12)5-2-6(9)8(11)7(10)3-5/h2,4-5,12H,3H2,1H3. The Morgan fingerprint density at radius 3 is 2.50 bits per heavy atom. The highest BCUT2D eigenvalue weighted by Gasteiger charge is 2.25. The molecule has 1 aliphatic carbocycles. The molecule has 2 unspecified atom stereocenters. The monoisotopic (exact) mass is 194 g/mol. The van der Waals surface area contributed by atoms with Gasteiger partial charge in [-0.05, 0) is 12.0 Å². The van der Waals surface area contributed by atoms with Crippen LogP contribution in [0.2, 0.25) is 0 Å². The van der Waals surface area contributed by atoms with Crippen LogP contribution in [0.4, 0.5) is 13.2 Å². The van der Waals surface area contributed by atoms with E-state index >= 15 is 0 Å². The van der Waals surface area contributed by atoms with Gasteiger partial charge in [-0.1, -0.05) is 6.92 Å². The first-order valence-corrected chi connectivity index (χ1v) is 4.14. The molecule has 0 N–H and O–H groups in total. The number of hydrogen-bond donors (Lipinski definition) is 1. The second-order valence-electron chi connectivity index (χ2n) is 2.84. The van der Waals surface area contributed by atoms with Gasteiger partial charge in [-0.3, -0.25) is 0 Å². The first-order valence-electron chi connectivity index (χ1n) is 3.62. The third-order valence-electron chi connectivity index (χ3n) is 1.84. The minimum Gasteiger partial charge on any atom is -0.208 e. The summed E-state index contributed by atoms with van der Waals surface area (Å²) in [6, 6.07) is 0. The Kier molecular flexibility index (Phi) is 2.88. The lowest BCUT2D eigenvalue weighted by Crippen LogP contribution is -2.13. The second-order valence-corrected chi connectivity index (χ2v) is 3.66. The fourth-order valence-corrected chi connectivity index (χ4v) is 1.25. The predicted octanol–water partition coefficient (Wildman–Crippen LogP) is 3.33. The molecular formula is C8H9F3S. The van der Waals surface area contributed by atoms with Crippen LogP contribution in [0, 0.1) is 5.92 Å². The average molecular weight is 194 g/mol. The van der Waals surface area contributed by atoms with Crippen molar-refractivity contribution in [1.29, 1.82) is 0 Å². The Hall–Kier alpha value is -0.380. The molecule has 0 aromatic rings. The van der Waals surface area contributed by atoms with E-state index in [1.807, 2.05) is 0 Å². The fraction of sp³-hybridized carbons (Fsp3) is 0.500. The maximum Gasteiger partial charge on any atom is 0.189 e. The van der Waals surface area contributed by atoms with Crippen molar-refractivity contribution in [2.24, 2.45) is 5.92 Å². The maximum absolute atomic E-state index is 12.6. The number of rotatable bonds is 1. The molecule has 0 heterocycles. The zero-order valence-corrected chi connectivity index (χ0v) is 7.41. The SMILES string of the molecule is CC(S)C1C=C(F)C(F)=C(F)C1. The molecule has 0 saturated heterocycles. The molecule has 0 nitrogen and oxygen atoms in total. The summed E-state index contributed by atoms with van der Waals surface area (Å²) < 4.78 is 37.7. The molecule has 2 atom stereocenters. The summed E-state index contributed by atoms with van der Waals surface area (Å²) in [4.78, 5) is 0. The van der Waals surface area contributed by atoms with Gasteiger partial charge in [0, 0.05) is 11.7 Å². The largest absolute Gasteiger partial charge is 0.208 e. The summed E-state index contributed by atoms with van der Waals surface area (Å²) >= 11 is 4.03. The highest BCUT2D eigenvalue weighted by molar-refractivity contribution is 7.80. The molecule has 0 radical (unpaired) electrons. The van der Waals surface area contributed by atoms with Gasteiger partial charge in [0.05, 0.1) is 0 Å². The molecule has 0 aromatic carbocycles. The lowest BCUT2D eigenvalue weighted by molar-refractivity contribution is 0.422. The molecule has 1 aliphatic rings. The van der Waals surface area contributed by atoms with E-state index in [1.165, 1.54) is 0 Å². The minimum atomic E-state index is -1.36. The van der Waals surface area contributed by atoms with Crippen LogP contribution in [-0.2, 0) is 0 Å². The van der Waals surface area contributed by atoms with E-state index in [1.54, 1.807) is 6.92 Å². The number of allylic oxidation sites excluding steroid dienone is 4. The Morgan fingerprint density at radius 2 is 2.08 bits per heavy atom. The number of thiol groups is 1. The van der Waals surface area contributed by atoms with Crippen molar-refractivity contribution < 1.29 is 13.2 Å². The minimum absolute atomic E-state index is 0.0933. The molecule has 68 valence electrons. The smallest absolute Gasteiger partial charge is 0.189 e. The molecular weight excluding hydrogens is 185 g/mol. The maximum atomic E-state index is 12.6. The van der Waals surface area contributed by atoms with E-state index < -0.39 is 17.5 Å². The van der Waals surface area contributed by atoms with Crippen LogP contribution in [0.5, 0.6) is 0 Å². The summed E-state index contributed by atoms with van der Waals surface area (Å²) in [6.45, 7) is 1.72. The van der Waals surface area contributed by atoms with E-state index in [2.05, 4.69) is 12.6 Å². The topological polar surface area (TPSA) is 0 Å².